The maximum Gasteiger partial charge on any atom is 0.0505 e. The van der Waals surface area contributed by atoms with Crippen LogP contribution < -0.4 is 5.32 Å². The molecule has 0 aliphatic heterocycles. The average Bonchev–Trinajstić information content (AvgIpc) is 2.63. The van der Waals surface area contributed by atoms with Gasteiger partial charge in [-0.2, -0.15) is 0 Å². The van der Waals surface area contributed by atoms with Crippen molar-refractivity contribution >= 4 is 67.1 Å². The van der Waals surface area contributed by atoms with Crippen molar-refractivity contribution < 1.29 is 0 Å². The number of hydrogen-bond donors (Lipinski definition) is 1. The van der Waals surface area contributed by atoms with Crippen molar-refractivity contribution in [2.24, 2.45) is 0 Å². The summed E-state index contributed by atoms with van der Waals surface area (Å²) in [7, 11) is 0. The van der Waals surface area contributed by atoms with Crippen molar-refractivity contribution in [3.63, 3.8) is 0 Å². The number of thiophene rings is 1. The first-order chi connectivity index (χ1) is 7.66. The summed E-state index contributed by atoms with van der Waals surface area (Å²) < 4.78 is 2.30. The Labute approximate surface area is 125 Å². The molecule has 1 heterocycles. The Hall–Kier alpha value is 0.220. The van der Waals surface area contributed by atoms with Crippen LogP contribution in [0.3, 0.4) is 0 Å². The smallest absolute Gasteiger partial charge is 0.0505 e. The molecule has 1 N–H and O–H groups in total. The summed E-state index contributed by atoms with van der Waals surface area (Å²) in [6.07, 6.45) is 0. The molecule has 1 aromatic carbocycles. The van der Waals surface area contributed by atoms with Crippen LogP contribution in [0.4, 0.5) is 5.69 Å². The van der Waals surface area contributed by atoms with Gasteiger partial charge >= 0.3 is 0 Å². The Balaban J connectivity index is 2.08. The van der Waals surface area contributed by atoms with Gasteiger partial charge in [0.05, 0.1) is 6.54 Å². The fraction of sp³-hybridized carbons (Fsp3) is 0.0909. The molecule has 0 unspecified atom stereocenters. The Bertz CT molecular complexity index is 500. The van der Waals surface area contributed by atoms with E-state index in [-0.39, 0.29) is 0 Å². The molecule has 5 heteroatoms. The zero-order valence-corrected chi connectivity index (χ0v) is 13.5. The number of nitrogens with one attached hydrogen (secondary N) is 1. The molecule has 0 atom stereocenters. The second kappa shape index (κ2) is 5.71. The normalized spacial score (nSPS) is 10.4. The molecule has 2 aromatic rings. The summed E-state index contributed by atoms with van der Waals surface area (Å²) in [5.41, 5.74) is 1.12. The minimum Gasteiger partial charge on any atom is -0.379 e. The molecular weight excluding hydrogens is 420 g/mol. The molecule has 0 saturated carbocycles. The number of hydrogen-bond acceptors (Lipinski definition) is 2. The first-order valence-corrected chi connectivity index (χ1v) is 7.70. The zero-order valence-electron chi connectivity index (χ0n) is 8.14. The molecule has 0 radical (unpaired) electrons. The molecule has 0 aliphatic carbocycles. The first-order valence-electron chi connectivity index (χ1n) is 4.57. The molecule has 0 amide bonds. The molecule has 84 valence electrons. The van der Waals surface area contributed by atoms with E-state index in [1.807, 2.05) is 18.2 Å². The fourth-order valence-electron chi connectivity index (χ4n) is 1.26. The summed E-state index contributed by atoms with van der Waals surface area (Å²) in [5, 5.41) is 6.25. The largest absolute Gasteiger partial charge is 0.379 e. The van der Waals surface area contributed by atoms with Gasteiger partial charge in [-0.3, -0.25) is 0 Å². The van der Waals surface area contributed by atoms with E-state index >= 15 is 0 Å². The molecule has 0 saturated heterocycles. The van der Waals surface area contributed by atoms with E-state index in [2.05, 4.69) is 55.3 Å². The zero-order chi connectivity index (χ0) is 11.5. The number of rotatable bonds is 3. The van der Waals surface area contributed by atoms with Crippen LogP contribution in [0, 0.1) is 3.57 Å². The van der Waals surface area contributed by atoms with Crippen LogP contribution in [0.15, 0.2) is 34.1 Å². The van der Waals surface area contributed by atoms with E-state index in [0.29, 0.717) is 0 Å². The van der Waals surface area contributed by atoms with Crippen molar-refractivity contribution in [2.75, 3.05) is 5.32 Å². The third-order valence-electron chi connectivity index (χ3n) is 2.06. The van der Waals surface area contributed by atoms with Crippen LogP contribution in [0.1, 0.15) is 4.88 Å². The van der Waals surface area contributed by atoms with Crippen LogP contribution in [-0.2, 0) is 6.54 Å². The van der Waals surface area contributed by atoms with Gasteiger partial charge in [0.25, 0.3) is 0 Å². The Morgan fingerprint density at radius 3 is 2.81 bits per heavy atom. The van der Waals surface area contributed by atoms with Gasteiger partial charge in [-0.25, -0.2) is 0 Å². The minimum absolute atomic E-state index is 0.771. The Morgan fingerprint density at radius 1 is 1.38 bits per heavy atom. The van der Waals surface area contributed by atoms with Crippen LogP contribution >= 0.6 is 61.5 Å². The highest BCUT2D eigenvalue weighted by molar-refractivity contribution is 14.1. The van der Waals surface area contributed by atoms with Gasteiger partial charge in [0.15, 0.2) is 0 Å². The van der Waals surface area contributed by atoms with Gasteiger partial charge < -0.3 is 5.32 Å². The van der Waals surface area contributed by atoms with Crippen LogP contribution in [-0.4, -0.2) is 0 Å². The second-order valence-corrected chi connectivity index (χ2v) is 6.62. The van der Waals surface area contributed by atoms with Crippen molar-refractivity contribution in [1.82, 2.24) is 0 Å². The van der Waals surface area contributed by atoms with Crippen molar-refractivity contribution in [2.45, 2.75) is 6.54 Å². The molecule has 0 aliphatic rings. The van der Waals surface area contributed by atoms with E-state index in [9.17, 15) is 0 Å². The third-order valence-corrected chi connectivity index (χ3v) is 5.12. The topological polar surface area (TPSA) is 12.0 Å². The highest BCUT2D eigenvalue weighted by Crippen LogP contribution is 2.26. The van der Waals surface area contributed by atoms with Crippen molar-refractivity contribution in [1.29, 1.82) is 0 Å². The predicted molar refractivity (Wildman–Crippen MR) is 83.5 cm³/mol. The number of benzene rings is 1. The summed E-state index contributed by atoms with van der Waals surface area (Å²) in [5.74, 6) is 0. The van der Waals surface area contributed by atoms with Crippen molar-refractivity contribution in [3.05, 3.63) is 47.6 Å². The fourth-order valence-corrected chi connectivity index (χ4v) is 3.75. The summed E-state index contributed by atoms with van der Waals surface area (Å²) >= 11 is 13.4. The molecular formula is C11H8BrClINS. The number of anilines is 1. The molecule has 0 fully saturated rings. The standard InChI is InChI=1S/C11H8BrClINS/c12-8-3-4-16-11(8)6-15-10-2-1-7(13)5-9(10)14/h1-5,15H,6H2. The van der Waals surface area contributed by atoms with Gasteiger partial charge in [-0.15, -0.1) is 11.3 Å². The van der Waals surface area contributed by atoms with Crippen molar-refractivity contribution in [3.8, 4) is 0 Å². The summed E-state index contributed by atoms with van der Waals surface area (Å²) in [4.78, 5) is 1.30. The molecule has 2 rings (SSSR count). The van der Waals surface area contributed by atoms with Gasteiger partial charge in [0.1, 0.15) is 0 Å². The van der Waals surface area contributed by atoms with Gasteiger partial charge in [0.2, 0.25) is 0 Å². The van der Waals surface area contributed by atoms with Crippen LogP contribution in [0.2, 0.25) is 5.02 Å². The maximum atomic E-state index is 5.90. The van der Waals surface area contributed by atoms with Gasteiger partial charge in [-0.1, -0.05) is 11.6 Å². The van der Waals surface area contributed by atoms with Gasteiger partial charge in [0, 0.05) is 23.6 Å². The lowest BCUT2D eigenvalue weighted by atomic mass is 10.3. The molecule has 1 aromatic heterocycles. The van der Waals surface area contributed by atoms with E-state index in [0.717, 1.165) is 25.3 Å². The molecule has 16 heavy (non-hydrogen) atoms. The SMILES string of the molecule is Clc1ccc(NCc2sccc2Br)c(I)c1. The lowest BCUT2D eigenvalue weighted by Gasteiger charge is -2.08. The minimum atomic E-state index is 0.771. The first kappa shape index (κ1) is 12.7. The van der Waals surface area contributed by atoms with Crippen LogP contribution in [0.5, 0.6) is 0 Å². The van der Waals surface area contributed by atoms with E-state index in [1.165, 1.54) is 4.88 Å². The quantitative estimate of drug-likeness (QED) is 0.647. The molecule has 1 nitrogen and oxygen atoms in total. The Kier molecular flexibility index (Phi) is 4.52. The lowest BCUT2D eigenvalue weighted by Crippen LogP contribution is -1.99. The molecule has 0 bridgehead atoms. The van der Waals surface area contributed by atoms with E-state index < -0.39 is 0 Å². The predicted octanol–water partition coefficient (Wildman–Crippen LogP) is 5.38. The monoisotopic (exact) mass is 427 g/mol. The van der Waals surface area contributed by atoms with Crippen LogP contribution in [0.25, 0.3) is 0 Å². The third kappa shape index (κ3) is 3.12. The van der Waals surface area contributed by atoms with Gasteiger partial charge in [-0.05, 0) is 68.2 Å². The Morgan fingerprint density at radius 2 is 2.19 bits per heavy atom. The maximum absolute atomic E-state index is 5.90. The summed E-state index contributed by atoms with van der Waals surface area (Å²) in [6.45, 7) is 0.829. The molecule has 0 spiro atoms. The number of halogens is 3. The average molecular weight is 429 g/mol. The second-order valence-electron chi connectivity index (χ2n) is 3.17. The van der Waals surface area contributed by atoms with E-state index in [4.69, 9.17) is 11.6 Å². The highest BCUT2D eigenvalue weighted by atomic mass is 127. The highest BCUT2D eigenvalue weighted by Gasteiger charge is 2.03. The van der Waals surface area contributed by atoms with E-state index in [1.54, 1.807) is 11.3 Å². The lowest BCUT2D eigenvalue weighted by molar-refractivity contribution is 1.18. The summed E-state index contributed by atoms with van der Waals surface area (Å²) in [6, 6.07) is 7.92.